The Morgan fingerprint density at radius 2 is 1.89 bits per heavy atom. The van der Waals surface area contributed by atoms with E-state index in [4.69, 9.17) is 0 Å². The van der Waals surface area contributed by atoms with Crippen LogP contribution in [0.4, 0.5) is 0 Å². The average Bonchev–Trinajstić information content (AvgIpc) is 2.65. The minimum Gasteiger partial charge on any atom is -0.306 e. The number of hydrogen-bond acceptors (Lipinski definition) is 2. The van der Waals surface area contributed by atoms with Crippen LogP contribution in [0.25, 0.3) is 0 Å². The molecule has 1 heterocycles. The number of thiophene rings is 1. The second-order valence-corrected chi connectivity index (χ2v) is 6.36. The van der Waals surface area contributed by atoms with Gasteiger partial charge < -0.3 is 5.32 Å². The number of nitrogens with one attached hydrogen (secondary N) is 1. The summed E-state index contributed by atoms with van der Waals surface area (Å²) in [7, 11) is 0. The predicted octanol–water partition coefficient (Wildman–Crippen LogP) is 4.52. The van der Waals surface area contributed by atoms with Crippen molar-refractivity contribution in [2.75, 3.05) is 0 Å². The highest BCUT2D eigenvalue weighted by molar-refractivity contribution is 7.12. The van der Waals surface area contributed by atoms with Gasteiger partial charge in [-0.2, -0.15) is 0 Å². The highest BCUT2D eigenvalue weighted by Gasteiger charge is 2.09. The van der Waals surface area contributed by atoms with Gasteiger partial charge in [0.05, 0.1) is 0 Å². The maximum atomic E-state index is 3.62. The number of hydrogen-bond donors (Lipinski definition) is 1. The molecule has 2 heteroatoms. The van der Waals surface area contributed by atoms with E-state index in [1.807, 2.05) is 11.3 Å². The highest BCUT2D eigenvalue weighted by Crippen LogP contribution is 2.22. The zero-order chi connectivity index (χ0) is 13.1. The molecule has 1 nitrogen and oxygen atoms in total. The Morgan fingerprint density at radius 1 is 1.17 bits per heavy atom. The Balaban J connectivity index is 2.03. The van der Waals surface area contributed by atoms with Gasteiger partial charge in [-0.05, 0) is 50.5 Å². The average molecular weight is 259 g/mol. The standard InChI is InChI=1S/C16H21NS/c1-11-7-5-6-8-16(11)13(3)17-10-15-9-12(2)18-14(15)4/h5-9,13,17H,10H2,1-4H3/t13-/m0/s1. The molecule has 0 aliphatic rings. The predicted molar refractivity (Wildman–Crippen MR) is 80.2 cm³/mol. The zero-order valence-electron chi connectivity index (χ0n) is 11.6. The minimum absolute atomic E-state index is 0.394. The van der Waals surface area contributed by atoms with Crippen molar-refractivity contribution in [3.63, 3.8) is 0 Å². The summed E-state index contributed by atoms with van der Waals surface area (Å²) in [4.78, 5) is 2.82. The summed E-state index contributed by atoms with van der Waals surface area (Å²) in [5.74, 6) is 0. The first kappa shape index (κ1) is 13.3. The normalized spacial score (nSPS) is 12.7. The topological polar surface area (TPSA) is 12.0 Å². The number of benzene rings is 1. The van der Waals surface area contributed by atoms with Crippen molar-refractivity contribution in [3.8, 4) is 0 Å². The third-order valence-corrected chi connectivity index (χ3v) is 4.41. The molecule has 0 aliphatic carbocycles. The summed E-state index contributed by atoms with van der Waals surface area (Å²) in [6.45, 7) is 9.73. The summed E-state index contributed by atoms with van der Waals surface area (Å²) in [6.07, 6.45) is 0. The van der Waals surface area contributed by atoms with Crippen LogP contribution in [-0.2, 0) is 6.54 Å². The molecule has 0 saturated heterocycles. The van der Waals surface area contributed by atoms with Crippen molar-refractivity contribution in [2.24, 2.45) is 0 Å². The first-order chi connectivity index (χ1) is 8.58. The lowest BCUT2D eigenvalue weighted by Gasteiger charge is -2.16. The van der Waals surface area contributed by atoms with Crippen LogP contribution in [0.1, 0.15) is 39.4 Å². The third-order valence-electron chi connectivity index (χ3n) is 3.40. The summed E-state index contributed by atoms with van der Waals surface area (Å²) in [6, 6.07) is 11.3. The zero-order valence-corrected chi connectivity index (χ0v) is 12.4. The van der Waals surface area contributed by atoms with Crippen LogP contribution in [0.2, 0.25) is 0 Å². The molecule has 1 aromatic heterocycles. The molecule has 1 atom stereocenters. The van der Waals surface area contributed by atoms with Crippen molar-refractivity contribution in [1.82, 2.24) is 5.32 Å². The molecular formula is C16H21NS. The van der Waals surface area contributed by atoms with Gasteiger partial charge in [0.1, 0.15) is 0 Å². The number of aryl methyl sites for hydroxylation is 3. The van der Waals surface area contributed by atoms with E-state index in [-0.39, 0.29) is 0 Å². The Kier molecular flexibility index (Phi) is 4.20. The molecule has 0 radical (unpaired) electrons. The van der Waals surface area contributed by atoms with Gasteiger partial charge in [-0.3, -0.25) is 0 Å². The first-order valence-corrected chi connectivity index (χ1v) is 7.24. The molecule has 1 N–H and O–H groups in total. The molecule has 0 bridgehead atoms. The Hall–Kier alpha value is -1.12. The van der Waals surface area contributed by atoms with Crippen LogP contribution in [0.5, 0.6) is 0 Å². The molecule has 96 valence electrons. The van der Waals surface area contributed by atoms with Gasteiger partial charge in [0, 0.05) is 22.3 Å². The van der Waals surface area contributed by atoms with Gasteiger partial charge >= 0.3 is 0 Å². The molecule has 0 saturated carbocycles. The monoisotopic (exact) mass is 259 g/mol. The molecule has 2 rings (SSSR count). The molecule has 0 amide bonds. The van der Waals surface area contributed by atoms with Crippen LogP contribution in [0.15, 0.2) is 30.3 Å². The lowest BCUT2D eigenvalue weighted by Crippen LogP contribution is -2.18. The summed E-state index contributed by atoms with van der Waals surface area (Å²) < 4.78 is 0. The maximum Gasteiger partial charge on any atom is 0.0297 e. The van der Waals surface area contributed by atoms with E-state index in [0.717, 1.165) is 6.54 Å². The van der Waals surface area contributed by atoms with E-state index in [1.165, 1.54) is 26.4 Å². The van der Waals surface area contributed by atoms with E-state index in [9.17, 15) is 0 Å². The summed E-state index contributed by atoms with van der Waals surface area (Å²) in [5.41, 5.74) is 4.18. The van der Waals surface area contributed by atoms with Crippen LogP contribution >= 0.6 is 11.3 Å². The molecule has 1 aromatic carbocycles. The van der Waals surface area contributed by atoms with E-state index in [0.29, 0.717) is 6.04 Å². The van der Waals surface area contributed by atoms with Gasteiger partial charge in [-0.25, -0.2) is 0 Å². The molecular weight excluding hydrogens is 238 g/mol. The van der Waals surface area contributed by atoms with Crippen LogP contribution in [0, 0.1) is 20.8 Å². The fraction of sp³-hybridized carbons (Fsp3) is 0.375. The van der Waals surface area contributed by atoms with Gasteiger partial charge in [0.15, 0.2) is 0 Å². The molecule has 2 aromatic rings. The smallest absolute Gasteiger partial charge is 0.0297 e. The van der Waals surface area contributed by atoms with Gasteiger partial charge in [0.25, 0.3) is 0 Å². The minimum atomic E-state index is 0.394. The Bertz CT molecular complexity index is 528. The van der Waals surface area contributed by atoms with E-state index >= 15 is 0 Å². The third kappa shape index (κ3) is 3.01. The summed E-state index contributed by atoms with van der Waals surface area (Å²) in [5, 5.41) is 3.62. The molecule has 18 heavy (non-hydrogen) atoms. The second-order valence-electron chi connectivity index (χ2n) is 4.90. The Labute approximate surface area is 114 Å². The quantitative estimate of drug-likeness (QED) is 0.851. The maximum absolute atomic E-state index is 3.62. The van der Waals surface area contributed by atoms with Gasteiger partial charge in [-0.15, -0.1) is 11.3 Å². The Morgan fingerprint density at radius 3 is 2.50 bits per heavy atom. The van der Waals surface area contributed by atoms with E-state index < -0.39 is 0 Å². The van der Waals surface area contributed by atoms with Crippen molar-refractivity contribution in [1.29, 1.82) is 0 Å². The van der Waals surface area contributed by atoms with Crippen LogP contribution < -0.4 is 5.32 Å². The number of rotatable bonds is 4. The van der Waals surface area contributed by atoms with Crippen molar-refractivity contribution >= 4 is 11.3 Å². The fourth-order valence-corrected chi connectivity index (χ4v) is 3.25. The van der Waals surface area contributed by atoms with Crippen molar-refractivity contribution in [3.05, 3.63) is 56.8 Å². The largest absolute Gasteiger partial charge is 0.306 e. The fourth-order valence-electron chi connectivity index (χ4n) is 2.30. The molecule has 0 aliphatic heterocycles. The van der Waals surface area contributed by atoms with Crippen LogP contribution in [0.3, 0.4) is 0 Å². The molecule has 0 unspecified atom stereocenters. The SMILES string of the molecule is Cc1cc(CN[C@@H](C)c2ccccc2C)c(C)s1. The van der Waals surface area contributed by atoms with Gasteiger partial charge in [0.2, 0.25) is 0 Å². The van der Waals surface area contributed by atoms with Crippen molar-refractivity contribution < 1.29 is 0 Å². The van der Waals surface area contributed by atoms with Gasteiger partial charge in [-0.1, -0.05) is 24.3 Å². The second kappa shape index (κ2) is 5.68. The lowest BCUT2D eigenvalue weighted by atomic mass is 10.0. The highest BCUT2D eigenvalue weighted by atomic mass is 32.1. The van der Waals surface area contributed by atoms with E-state index in [1.54, 1.807) is 0 Å². The molecule has 0 fully saturated rings. The first-order valence-electron chi connectivity index (χ1n) is 6.42. The van der Waals surface area contributed by atoms with Crippen LogP contribution in [-0.4, -0.2) is 0 Å². The summed E-state index contributed by atoms with van der Waals surface area (Å²) >= 11 is 1.88. The molecule has 0 spiro atoms. The van der Waals surface area contributed by atoms with Crippen molar-refractivity contribution in [2.45, 2.75) is 40.3 Å². The lowest BCUT2D eigenvalue weighted by molar-refractivity contribution is 0.572. The van der Waals surface area contributed by atoms with E-state index in [2.05, 4.69) is 63.3 Å².